The van der Waals surface area contributed by atoms with E-state index in [4.69, 9.17) is 38.6 Å². The second-order valence-electron chi connectivity index (χ2n) is 35.7. The lowest BCUT2D eigenvalue weighted by molar-refractivity contribution is -0.134. The molecule has 628 valence electrons. The number of anilines is 5. The lowest BCUT2D eigenvalue weighted by atomic mass is 9.77. The van der Waals surface area contributed by atoms with Crippen LogP contribution in [0.25, 0.3) is 42.5 Å². The summed E-state index contributed by atoms with van der Waals surface area (Å²) in [6.45, 7) is 29.4. The van der Waals surface area contributed by atoms with Gasteiger partial charge in [-0.3, -0.25) is 44.7 Å². The number of ether oxygens (including phenoxy) is 3. The van der Waals surface area contributed by atoms with Gasteiger partial charge in [-0.25, -0.2) is 29.5 Å². The predicted molar refractivity (Wildman–Crippen MR) is 477 cm³/mol. The summed E-state index contributed by atoms with van der Waals surface area (Å²) in [7, 11) is 1.17. The Morgan fingerprint density at radius 1 is 0.595 bits per heavy atom. The SMILES string of the molecule is CC(C)(C)OC(=O)c1nc(N2CCc3cccc(C(=O)Nc4nc5ccccc5s4)c3C2)ccc1B1OC(C)(C)C(C)(C)O1.Cc1c(OC2CCC(CC[C@@H](C)N3CCN(c4cccc5c(C6CCC(=O)NC6=O)nn(C)c45)CC3)CC2)cccc1-c1ccc(N2CCc3cccc(C(=O)Nc4nc5ccccc5s4)c3C2)nc1C(=O)OC(C)(C)C. The largest absolute Gasteiger partial charge is 0.497 e. The molecular weight excluding hydrogens is 1560 g/mol. The average molecular weight is 1670 g/mol. The maximum atomic E-state index is 14.2. The molecule has 4 fully saturated rings. The Balaban J connectivity index is 0.000000209. The van der Waals surface area contributed by atoms with Gasteiger partial charge in [0.15, 0.2) is 21.7 Å². The second-order valence-corrected chi connectivity index (χ2v) is 37.8. The molecule has 11 aromatic rings. The summed E-state index contributed by atoms with van der Waals surface area (Å²) >= 11 is 2.90. The van der Waals surface area contributed by atoms with Gasteiger partial charge in [-0.1, -0.05) is 102 Å². The number of imide groups is 1. The number of piperazine rings is 1. The van der Waals surface area contributed by atoms with Gasteiger partial charge in [-0.2, -0.15) is 5.10 Å². The van der Waals surface area contributed by atoms with E-state index in [9.17, 15) is 28.8 Å². The molecule has 5 aromatic heterocycles. The number of benzene rings is 6. The van der Waals surface area contributed by atoms with Crippen LogP contribution in [0.15, 0.2) is 146 Å². The first kappa shape index (κ1) is 83.7. The third-order valence-electron chi connectivity index (χ3n) is 24.6. The van der Waals surface area contributed by atoms with E-state index in [2.05, 4.69) is 83.6 Å². The van der Waals surface area contributed by atoms with Crippen molar-refractivity contribution in [3.8, 4) is 16.9 Å². The van der Waals surface area contributed by atoms with Crippen molar-refractivity contribution >= 4 is 130 Å². The molecule has 24 nitrogen and oxygen atoms in total. The molecule has 0 radical (unpaired) electrons. The molecule has 17 rings (SSSR count). The van der Waals surface area contributed by atoms with Gasteiger partial charge >= 0.3 is 19.1 Å². The molecule has 1 aliphatic carbocycles. The number of nitrogens with zero attached hydrogens (tertiary/aromatic N) is 10. The van der Waals surface area contributed by atoms with Crippen molar-refractivity contribution in [3.63, 3.8) is 0 Å². The Kier molecular flexibility index (Phi) is 23.6. The van der Waals surface area contributed by atoms with Crippen molar-refractivity contribution in [2.75, 3.05) is 64.6 Å². The van der Waals surface area contributed by atoms with Crippen LogP contribution in [0.3, 0.4) is 0 Å². The summed E-state index contributed by atoms with van der Waals surface area (Å²) in [4.78, 5) is 108. The van der Waals surface area contributed by atoms with Crippen LogP contribution in [0, 0.1) is 12.8 Å². The van der Waals surface area contributed by atoms with Crippen molar-refractivity contribution in [2.24, 2.45) is 13.0 Å². The van der Waals surface area contributed by atoms with Crippen molar-refractivity contribution in [1.29, 1.82) is 0 Å². The number of para-hydroxylation sites is 3. The van der Waals surface area contributed by atoms with E-state index in [0.717, 1.165) is 147 Å². The normalized spacial score (nSPS) is 18.9. The topological polar surface area (TPSA) is 267 Å². The van der Waals surface area contributed by atoms with E-state index in [1.165, 1.54) is 29.1 Å². The van der Waals surface area contributed by atoms with Crippen LogP contribution in [-0.2, 0) is 61.4 Å². The molecule has 5 aliphatic heterocycles. The van der Waals surface area contributed by atoms with E-state index in [1.807, 2.05) is 202 Å². The molecule has 27 heteroatoms. The number of piperidine rings is 1. The van der Waals surface area contributed by atoms with Gasteiger partial charge in [0.2, 0.25) is 11.8 Å². The molecule has 3 saturated heterocycles. The number of pyridine rings is 2. The fourth-order valence-electron chi connectivity index (χ4n) is 17.4. The second kappa shape index (κ2) is 34.2. The van der Waals surface area contributed by atoms with Crippen LogP contribution < -0.4 is 40.8 Å². The standard InChI is InChI=1S/C61H69N9O6S.C33H37BN4O5S/c1-37(68-32-34-69(35-33-68)49-17-10-15-45-54(66-67(6)56(45)49)46-27-29-53(71)64-58(46)73)20-21-39-22-24-41(25-23-39)75-50-18-11-13-42(38(50)2)43-26-28-52(63-55(43)59(74)76-61(3,4)5)70-31-30-40-12-9-14-44(47(40)36-70)57(72)65-60-62-48-16-7-8-19-51(48)77-60;1-31(2,3)41-29(40)27-23(34-42-32(4,5)33(6,7)43-34)15-16-26(36-27)38-18-17-20-11-10-12-21(22(20)19-38)28(39)37-30-35-24-13-8-9-14-25(24)44-30/h7-19,26,28,37,39,41,46H,20-25,27,29-36H2,1-6H3,(H,62,65,72)(H,64,71,73);8-16H,17-19H2,1-7H3,(H,35,37,39)/t37-,39?,41?,46?;/m1./s1. The average Bonchev–Trinajstić information content (AvgIpc) is 1.68. The highest BCUT2D eigenvalue weighted by Crippen LogP contribution is 2.42. The highest BCUT2D eigenvalue weighted by molar-refractivity contribution is 7.22. The maximum absolute atomic E-state index is 14.2. The quantitative estimate of drug-likeness (QED) is 0.0409. The molecule has 2 atom stereocenters. The number of hydrogen-bond acceptors (Lipinski definition) is 22. The number of thiazole rings is 2. The lowest BCUT2D eigenvalue weighted by Gasteiger charge is -2.40. The third kappa shape index (κ3) is 18.2. The van der Waals surface area contributed by atoms with Gasteiger partial charge in [0.25, 0.3) is 11.8 Å². The number of nitrogens with one attached hydrogen (secondary N) is 3. The summed E-state index contributed by atoms with van der Waals surface area (Å²) < 4.78 is 35.1. The molecule has 10 heterocycles. The van der Waals surface area contributed by atoms with Gasteiger partial charge in [-0.05, 0) is 247 Å². The van der Waals surface area contributed by atoms with Gasteiger partial charge in [0.05, 0.1) is 60.6 Å². The van der Waals surface area contributed by atoms with E-state index < -0.39 is 47.4 Å². The lowest BCUT2D eigenvalue weighted by Crippen LogP contribution is -2.49. The highest BCUT2D eigenvalue weighted by atomic mass is 32.1. The Labute approximate surface area is 714 Å². The smallest absolute Gasteiger partial charge is 0.490 e. The minimum Gasteiger partial charge on any atom is -0.490 e. The van der Waals surface area contributed by atoms with E-state index in [-0.39, 0.29) is 41.1 Å². The zero-order chi connectivity index (χ0) is 85.0. The summed E-state index contributed by atoms with van der Waals surface area (Å²) in [5, 5.41) is 15.5. The van der Waals surface area contributed by atoms with Crippen LogP contribution >= 0.6 is 22.7 Å². The number of fused-ring (bicyclic) bond motifs is 5. The van der Waals surface area contributed by atoms with Crippen LogP contribution in [-0.4, -0.2) is 151 Å². The van der Waals surface area contributed by atoms with Crippen molar-refractivity contribution in [1.82, 2.24) is 39.9 Å². The minimum absolute atomic E-state index is 0.107. The fraction of sp³-hybridized carbons (Fsp3) is 0.415. The molecule has 1 saturated carbocycles. The van der Waals surface area contributed by atoms with E-state index in [1.54, 1.807) is 0 Å². The molecule has 3 N–H and O–H groups in total. The first-order valence-corrected chi connectivity index (χ1v) is 43.9. The van der Waals surface area contributed by atoms with Crippen molar-refractivity contribution in [3.05, 3.63) is 202 Å². The number of esters is 2. The number of carbonyl (C=O) groups is 6. The maximum Gasteiger partial charge on any atom is 0.497 e. The monoisotopic (exact) mass is 1670 g/mol. The van der Waals surface area contributed by atoms with Gasteiger partial charge < -0.3 is 38.2 Å². The number of amides is 4. The third-order valence-corrected chi connectivity index (χ3v) is 26.5. The first-order valence-electron chi connectivity index (χ1n) is 42.3. The Morgan fingerprint density at radius 3 is 1.71 bits per heavy atom. The molecule has 6 aliphatic rings. The molecule has 4 amide bonds. The summed E-state index contributed by atoms with van der Waals surface area (Å²) in [6.07, 6.45) is 8.96. The summed E-state index contributed by atoms with van der Waals surface area (Å²) in [6, 6.07) is 47.8. The minimum atomic E-state index is -0.774. The first-order chi connectivity index (χ1) is 57.8. The molecular formula is C94H106BN13O11S2. The van der Waals surface area contributed by atoms with Crippen LogP contribution in [0.5, 0.6) is 5.75 Å². The fourth-order valence-corrected chi connectivity index (χ4v) is 19.1. The van der Waals surface area contributed by atoms with Gasteiger partial charge in [-0.15, -0.1) is 0 Å². The van der Waals surface area contributed by atoms with E-state index >= 15 is 0 Å². The number of rotatable bonds is 18. The number of aromatic nitrogens is 6. The van der Waals surface area contributed by atoms with Crippen molar-refractivity contribution < 1.29 is 52.3 Å². The predicted octanol–water partition coefficient (Wildman–Crippen LogP) is 16.5. The van der Waals surface area contributed by atoms with Gasteiger partial charge in [0, 0.05) is 99.4 Å². The molecule has 0 bridgehead atoms. The highest BCUT2D eigenvalue weighted by Gasteiger charge is 2.53. The number of carbonyl (C=O) groups excluding carboxylic acids is 6. The Morgan fingerprint density at radius 2 is 1.14 bits per heavy atom. The Hall–Kier alpha value is -11.0. The summed E-state index contributed by atoms with van der Waals surface area (Å²) in [5.41, 5.74) is 10.7. The van der Waals surface area contributed by atoms with Gasteiger partial charge in [0.1, 0.15) is 28.6 Å². The zero-order valence-corrected chi connectivity index (χ0v) is 72.9. The van der Waals surface area contributed by atoms with E-state index in [0.29, 0.717) is 101 Å². The number of aryl methyl sites for hydroxylation is 1. The van der Waals surface area contributed by atoms with Crippen LogP contribution in [0.2, 0.25) is 0 Å². The molecule has 0 spiro atoms. The number of hydrogen-bond donors (Lipinski definition) is 3. The molecule has 121 heavy (non-hydrogen) atoms. The molecule has 6 aromatic carbocycles. The van der Waals surface area contributed by atoms with Crippen LogP contribution in [0.1, 0.15) is 209 Å². The molecule has 1 unspecified atom stereocenters. The van der Waals surface area contributed by atoms with Crippen LogP contribution in [0.4, 0.5) is 27.6 Å². The summed E-state index contributed by atoms with van der Waals surface area (Å²) in [5.74, 6) is 0.377. The zero-order valence-electron chi connectivity index (χ0n) is 71.3. The Bertz CT molecular complexity index is 5730. The van der Waals surface area contributed by atoms with Crippen molar-refractivity contribution in [2.45, 2.75) is 201 Å².